The van der Waals surface area contributed by atoms with Gasteiger partial charge in [0, 0.05) is 18.5 Å². The molecule has 0 radical (unpaired) electrons. The molecule has 5 heteroatoms. The average molecular weight is 233 g/mol. The number of aromatic nitrogens is 1. The average Bonchev–Trinajstić information content (AvgIpc) is 2.73. The van der Waals surface area contributed by atoms with Crippen molar-refractivity contribution in [3.63, 3.8) is 0 Å². The molecule has 0 spiro atoms. The highest BCUT2D eigenvalue weighted by atomic mass is 35.5. The van der Waals surface area contributed by atoms with E-state index in [1.54, 1.807) is 0 Å². The molecule has 78 valence electrons. The fourth-order valence-electron chi connectivity index (χ4n) is 1.57. The lowest BCUT2D eigenvalue weighted by molar-refractivity contribution is 0.0315. The number of anilines is 1. The minimum atomic E-state index is -0.0296. The van der Waals surface area contributed by atoms with Gasteiger partial charge in [-0.2, -0.15) is 0 Å². The number of hydrogen-bond acceptors (Lipinski definition) is 4. The van der Waals surface area contributed by atoms with E-state index in [9.17, 15) is 0 Å². The summed E-state index contributed by atoms with van der Waals surface area (Å²) >= 11 is 7.24. The molecule has 1 N–H and O–H groups in total. The molecule has 2 heterocycles. The van der Waals surface area contributed by atoms with Crippen LogP contribution in [0.15, 0.2) is 5.38 Å². The fourth-order valence-corrected chi connectivity index (χ4v) is 2.41. The second kappa shape index (κ2) is 4.04. The van der Waals surface area contributed by atoms with E-state index < -0.39 is 0 Å². The van der Waals surface area contributed by atoms with E-state index in [0.717, 1.165) is 31.1 Å². The highest BCUT2D eigenvalue weighted by molar-refractivity contribution is 7.14. The van der Waals surface area contributed by atoms with E-state index >= 15 is 0 Å². The number of nitrogens with zero attached hydrogens (tertiary/aromatic N) is 1. The monoisotopic (exact) mass is 232 g/mol. The van der Waals surface area contributed by atoms with Crippen LogP contribution in [0.3, 0.4) is 0 Å². The van der Waals surface area contributed by atoms with E-state index in [0.29, 0.717) is 5.15 Å². The molecule has 1 fully saturated rings. The molecule has 2 rings (SSSR count). The van der Waals surface area contributed by atoms with Crippen molar-refractivity contribution in [1.82, 2.24) is 4.98 Å². The predicted octanol–water partition coefficient (Wildman–Crippen LogP) is 2.78. The summed E-state index contributed by atoms with van der Waals surface area (Å²) in [4.78, 5) is 4.12. The quantitative estimate of drug-likeness (QED) is 0.870. The van der Waals surface area contributed by atoms with Crippen molar-refractivity contribution >= 4 is 28.1 Å². The van der Waals surface area contributed by atoms with Crippen molar-refractivity contribution in [3.8, 4) is 0 Å². The van der Waals surface area contributed by atoms with Crippen molar-refractivity contribution in [1.29, 1.82) is 0 Å². The van der Waals surface area contributed by atoms with Crippen molar-refractivity contribution in [2.45, 2.75) is 25.4 Å². The molecular formula is C9H13ClN2OS. The Hall–Kier alpha value is -0.320. The highest BCUT2D eigenvalue weighted by Gasteiger charge is 2.29. The van der Waals surface area contributed by atoms with Crippen molar-refractivity contribution in [2.75, 3.05) is 18.5 Å². The van der Waals surface area contributed by atoms with Crippen molar-refractivity contribution < 1.29 is 4.74 Å². The lowest BCUT2D eigenvalue weighted by Crippen LogP contribution is -2.32. The van der Waals surface area contributed by atoms with Crippen molar-refractivity contribution in [2.24, 2.45) is 0 Å². The number of rotatable bonds is 3. The molecule has 1 saturated heterocycles. The first kappa shape index (κ1) is 10.2. The van der Waals surface area contributed by atoms with Crippen LogP contribution in [-0.4, -0.2) is 23.7 Å². The SMILES string of the molecule is CC1(CNc2nc(Cl)cs2)CCCO1. The molecule has 1 aliphatic heterocycles. The smallest absolute Gasteiger partial charge is 0.184 e. The zero-order valence-corrected chi connectivity index (χ0v) is 9.62. The molecule has 1 aromatic heterocycles. The van der Waals surface area contributed by atoms with Crippen LogP contribution in [0.4, 0.5) is 5.13 Å². The Morgan fingerprint density at radius 2 is 2.64 bits per heavy atom. The Kier molecular flexibility index (Phi) is 2.95. The second-order valence-corrected chi connectivity index (χ2v) is 4.98. The van der Waals surface area contributed by atoms with Gasteiger partial charge >= 0.3 is 0 Å². The second-order valence-electron chi connectivity index (χ2n) is 3.73. The van der Waals surface area contributed by atoms with Gasteiger partial charge in [0.25, 0.3) is 0 Å². The Bertz CT molecular complexity index is 310. The molecule has 1 aliphatic rings. The first-order chi connectivity index (χ1) is 6.68. The summed E-state index contributed by atoms with van der Waals surface area (Å²) in [5.74, 6) is 0. The molecule has 3 nitrogen and oxygen atoms in total. The summed E-state index contributed by atoms with van der Waals surface area (Å²) < 4.78 is 5.65. The summed E-state index contributed by atoms with van der Waals surface area (Å²) in [5.41, 5.74) is -0.0296. The number of hydrogen-bond donors (Lipinski definition) is 1. The van der Waals surface area contributed by atoms with E-state index in [2.05, 4.69) is 17.2 Å². The van der Waals surface area contributed by atoms with Gasteiger partial charge in [-0.15, -0.1) is 11.3 Å². The molecule has 0 aliphatic carbocycles. The van der Waals surface area contributed by atoms with Gasteiger partial charge in [0.2, 0.25) is 0 Å². The molecule has 14 heavy (non-hydrogen) atoms. The summed E-state index contributed by atoms with van der Waals surface area (Å²) in [6.45, 7) is 3.80. The van der Waals surface area contributed by atoms with Crippen LogP contribution in [0, 0.1) is 0 Å². The third kappa shape index (κ3) is 2.38. The van der Waals surface area contributed by atoms with E-state index in [-0.39, 0.29) is 5.60 Å². The Balaban J connectivity index is 1.87. The summed E-state index contributed by atoms with van der Waals surface area (Å²) in [6.07, 6.45) is 2.26. The van der Waals surface area contributed by atoms with Gasteiger partial charge in [0.15, 0.2) is 5.13 Å². The normalized spacial score (nSPS) is 26.7. The van der Waals surface area contributed by atoms with Crippen molar-refractivity contribution in [3.05, 3.63) is 10.5 Å². The maximum Gasteiger partial charge on any atom is 0.184 e. The van der Waals surface area contributed by atoms with Crippen LogP contribution < -0.4 is 5.32 Å². The Morgan fingerprint density at radius 3 is 3.21 bits per heavy atom. The summed E-state index contributed by atoms with van der Waals surface area (Å²) in [5, 5.41) is 6.49. The first-order valence-corrected chi connectivity index (χ1v) is 5.93. The van der Waals surface area contributed by atoms with Crippen LogP contribution in [-0.2, 0) is 4.74 Å². The zero-order valence-electron chi connectivity index (χ0n) is 8.05. The van der Waals surface area contributed by atoms with Gasteiger partial charge < -0.3 is 10.1 Å². The minimum Gasteiger partial charge on any atom is -0.373 e. The third-order valence-corrected chi connectivity index (χ3v) is 3.51. The fraction of sp³-hybridized carbons (Fsp3) is 0.667. The molecule has 1 unspecified atom stereocenters. The van der Waals surface area contributed by atoms with Crippen LogP contribution in [0.2, 0.25) is 5.15 Å². The van der Waals surface area contributed by atoms with E-state index in [1.165, 1.54) is 11.3 Å². The van der Waals surface area contributed by atoms with Gasteiger partial charge in [0.05, 0.1) is 5.60 Å². The van der Waals surface area contributed by atoms with Gasteiger partial charge in [-0.25, -0.2) is 4.98 Å². The summed E-state index contributed by atoms with van der Waals surface area (Å²) in [6, 6.07) is 0. The Morgan fingerprint density at radius 1 is 1.79 bits per heavy atom. The first-order valence-electron chi connectivity index (χ1n) is 4.67. The third-order valence-electron chi connectivity index (χ3n) is 2.39. The zero-order chi connectivity index (χ0) is 10.0. The number of halogens is 1. The summed E-state index contributed by atoms with van der Waals surface area (Å²) in [7, 11) is 0. The standard InChI is InChI=1S/C9H13ClN2OS/c1-9(3-2-4-13-9)6-11-8-12-7(10)5-14-8/h5H,2-4,6H2,1H3,(H,11,12). The Labute approximate surface area is 92.4 Å². The number of nitrogens with one attached hydrogen (secondary N) is 1. The van der Waals surface area contributed by atoms with Gasteiger partial charge in [-0.1, -0.05) is 11.6 Å². The maximum absolute atomic E-state index is 5.72. The van der Waals surface area contributed by atoms with E-state index in [4.69, 9.17) is 16.3 Å². The lowest BCUT2D eigenvalue weighted by atomic mass is 10.0. The molecule has 0 saturated carbocycles. The van der Waals surface area contributed by atoms with E-state index in [1.807, 2.05) is 5.38 Å². The van der Waals surface area contributed by atoms with Crippen LogP contribution in [0.1, 0.15) is 19.8 Å². The molecule has 1 atom stereocenters. The van der Waals surface area contributed by atoms with Gasteiger partial charge in [-0.05, 0) is 19.8 Å². The highest BCUT2D eigenvalue weighted by Crippen LogP contribution is 2.26. The van der Waals surface area contributed by atoms with Gasteiger partial charge in [-0.3, -0.25) is 0 Å². The number of thiazole rings is 1. The maximum atomic E-state index is 5.72. The van der Waals surface area contributed by atoms with Gasteiger partial charge in [0.1, 0.15) is 5.15 Å². The molecule has 1 aromatic rings. The predicted molar refractivity (Wildman–Crippen MR) is 59.2 cm³/mol. The topological polar surface area (TPSA) is 34.2 Å². The van der Waals surface area contributed by atoms with Crippen LogP contribution >= 0.6 is 22.9 Å². The largest absolute Gasteiger partial charge is 0.373 e. The lowest BCUT2D eigenvalue weighted by Gasteiger charge is -2.22. The van der Waals surface area contributed by atoms with Crippen LogP contribution in [0.5, 0.6) is 0 Å². The van der Waals surface area contributed by atoms with Crippen LogP contribution in [0.25, 0.3) is 0 Å². The molecule has 0 bridgehead atoms. The number of ether oxygens (including phenoxy) is 1. The molecular weight excluding hydrogens is 220 g/mol. The molecule has 0 aromatic carbocycles. The molecule has 0 amide bonds. The minimum absolute atomic E-state index is 0.0296.